The maximum atomic E-state index is 9.12. The van der Waals surface area contributed by atoms with E-state index in [9.17, 15) is 0 Å². The SMILES string of the molecule is Cl.Cl.[2H]C([2H])(N(C)C)C([2H])(N(C)C)C([2H])([2H])N1c2ccccc2Sc2ccccc21. The molecule has 0 bridgehead atoms. The molecule has 0 aliphatic carbocycles. The molecule has 25 heavy (non-hydrogen) atoms. The van der Waals surface area contributed by atoms with Crippen molar-refractivity contribution in [1.82, 2.24) is 9.80 Å². The third-order valence-corrected chi connectivity index (χ3v) is 4.56. The third-order valence-electron chi connectivity index (χ3n) is 3.43. The molecule has 1 atom stereocenters. The van der Waals surface area contributed by atoms with Gasteiger partial charge in [0.25, 0.3) is 0 Å². The molecule has 1 aliphatic rings. The Morgan fingerprint density at radius 3 is 1.88 bits per heavy atom. The van der Waals surface area contributed by atoms with Crippen LogP contribution in [0.15, 0.2) is 58.3 Å². The van der Waals surface area contributed by atoms with Crippen molar-refractivity contribution < 1.29 is 6.85 Å². The van der Waals surface area contributed by atoms with Crippen molar-refractivity contribution in [2.24, 2.45) is 0 Å². The van der Waals surface area contributed by atoms with Gasteiger partial charge in [0.2, 0.25) is 0 Å². The first kappa shape index (κ1) is 15.2. The van der Waals surface area contributed by atoms with Crippen LogP contribution < -0.4 is 4.90 Å². The number of hydrogen-bond acceptors (Lipinski definition) is 4. The fourth-order valence-corrected chi connectivity index (χ4v) is 3.43. The van der Waals surface area contributed by atoms with Crippen molar-refractivity contribution in [3.05, 3.63) is 48.5 Å². The summed E-state index contributed by atoms with van der Waals surface area (Å²) in [4.78, 5) is 5.80. The van der Waals surface area contributed by atoms with Crippen LogP contribution in [0.5, 0.6) is 0 Å². The van der Waals surface area contributed by atoms with E-state index in [0.29, 0.717) is 11.4 Å². The second kappa shape index (κ2) is 9.70. The molecule has 0 fully saturated rings. The van der Waals surface area contributed by atoms with Gasteiger partial charge in [0.1, 0.15) is 0 Å². The molecule has 1 aliphatic heterocycles. The van der Waals surface area contributed by atoms with Gasteiger partial charge in [-0.05, 0) is 52.5 Å². The monoisotopic (exact) mass is 404 g/mol. The molecule has 3 rings (SSSR count). The molecule has 138 valence electrons. The van der Waals surface area contributed by atoms with E-state index in [0.717, 1.165) is 9.79 Å². The van der Waals surface area contributed by atoms with Crippen LogP contribution >= 0.6 is 36.6 Å². The van der Waals surface area contributed by atoms with Crippen LogP contribution in [0.4, 0.5) is 11.4 Å². The zero-order valence-electron chi connectivity index (χ0n) is 19.7. The van der Waals surface area contributed by atoms with Crippen LogP contribution in [-0.2, 0) is 0 Å². The van der Waals surface area contributed by atoms with Gasteiger partial charge >= 0.3 is 0 Å². The fourth-order valence-electron chi connectivity index (χ4n) is 2.37. The van der Waals surface area contributed by atoms with E-state index in [1.54, 1.807) is 25.9 Å². The number of nitrogens with zero attached hydrogens (tertiary/aromatic N) is 3. The van der Waals surface area contributed by atoms with Crippen molar-refractivity contribution in [3.8, 4) is 0 Å². The minimum atomic E-state index is -2.41. The molecule has 0 saturated heterocycles. The van der Waals surface area contributed by atoms with Gasteiger partial charge in [-0.1, -0.05) is 36.0 Å². The molecule has 0 saturated carbocycles. The number of hydrogen-bond donors (Lipinski definition) is 0. The maximum Gasteiger partial charge on any atom is 0.0553 e. The minimum absolute atomic E-state index is 0. The van der Waals surface area contributed by atoms with Gasteiger partial charge in [-0.2, -0.15) is 0 Å². The molecule has 1 unspecified atom stereocenters. The van der Waals surface area contributed by atoms with E-state index in [4.69, 9.17) is 6.85 Å². The second-order valence-electron chi connectivity index (χ2n) is 5.73. The Hall–Kier alpha value is -0.910. The van der Waals surface area contributed by atoms with Gasteiger partial charge in [-0.15, -0.1) is 24.8 Å². The molecule has 0 amide bonds. The zero-order valence-corrected chi connectivity index (χ0v) is 17.1. The lowest BCUT2D eigenvalue weighted by molar-refractivity contribution is 0.233. The Morgan fingerprint density at radius 1 is 0.960 bits per heavy atom. The van der Waals surface area contributed by atoms with Crippen molar-refractivity contribution in [2.45, 2.75) is 15.8 Å². The fraction of sp³-hybridized carbons (Fsp3) is 0.368. The number of anilines is 2. The summed E-state index contributed by atoms with van der Waals surface area (Å²) in [5, 5.41) is 0. The molecule has 1 heterocycles. The Balaban J connectivity index is 0.00000225. The molecule has 6 heteroatoms. The molecule has 3 nitrogen and oxygen atoms in total. The van der Waals surface area contributed by atoms with Crippen LogP contribution in [0.1, 0.15) is 6.85 Å². The lowest BCUT2D eigenvalue weighted by atomic mass is 10.1. The first-order chi connectivity index (χ1) is 13.0. The van der Waals surface area contributed by atoms with Gasteiger partial charge in [-0.3, -0.25) is 0 Å². The Kier molecular flexibility index (Phi) is 5.89. The quantitative estimate of drug-likeness (QED) is 0.718. The van der Waals surface area contributed by atoms with Crippen molar-refractivity contribution in [3.63, 3.8) is 0 Å². The van der Waals surface area contributed by atoms with E-state index in [1.807, 2.05) is 48.5 Å². The predicted molar refractivity (Wildman–Crippen MR) is 115 cm³/mol. The summed E-state index contributed by atoms with van der Waals surface area (Å²) in [6.07, 6.45) is 0. The highest BCUT2D eigenvalue weighted by molar-refractivity contribution is 7.99. The number of halogens is 2. The van der Waals surface area contributed by atoms with Crippen LogP contribution in [-0.4, -0.2) is 57.0 Å². The van der Waals surface area contributed by atoms with Crippen LogP contribution in [0, 0.1) is 0 Å². The van der Waals surface area contributed by atoms with E-state index in [2.05, 4.69) is 0 Å². The average molecular weight is 405 g/mol. The number of benzene rings is 2. The van der Waals surface area contributed by atoms with Crippen LogP contribution in [0.2, 0.25) is 0 Å². The van der Waals surface area contributed by atoms with Gasteiger partial charge in [0.15, 0.2) is 0 Å². The highest BCUT2D eigenvalue weighted by Crippen LogP contribution is 2.47. The van der Waals surface area contributed by atoms with Gasteiger partial charge in [0.05, 0.1) is 14.1 Å². The summed E-state index contributed by atoms with van der Waals surface area (Å²) in [5.74, 6) is 0. The van der Waals surface area contributed by atoms with E-state index in [-0.39, 0.29) is 24.8 Å². The summed E-state index contributed by atoms with van der Waals surface area (Å²) >= 11 is 1.55. The number of fused-ring (bicyclic) bond motifs is 2. The number of rotatable bonds is 5. The molecular formula is C19H27Cl2N3S. The minimum Gasteiger partial charge on any atom is -0.338 e. The number of likely N-dealkylation sites (N-methyl/N-ethyl adjacent to an activating group) is 2. The normalized spacial score (nSPS) is 19.0. The molecular weight excluding hydrogens is 373 g/mol. The third kappa shape index (κ3) is 5.05. The Morgan fingerprint density at radius 2 is 1.44 bits per heavy atom. The summed E-state index contributed by atoms with van der Waals surface area (Å²) in [6.45, 7) is -4.69. The Labute approximate surface area is 175 Å². The number of para-hydroxylation sites is 2. The van der Waals surface area contributed by atoms with Gasteiger partial charge in [0, 0.05) is 32.9 Å². The summed E-state index contributed by atoms with van der Waals surface area (Å²) < 4.78 is 44.5. The highest BCUT2D eigenvalue weighted by Gasteiger charge is 2.26. The topological polar surface area (TPSA) is 9.72 Å². The summed E-state index contributed by atoms with van der Waals surface area (Å²) in [6, 6.07) is 12.7. The van der Waals surface area contributed by atoms with Crippen LogP contribution in [0.25, 0.3) is 0 Å². The maximum absolute atomic E-state index is 9.12. The second-order valence-corrected chi connectivity index (χ2v) is 6.82. The van der Waals surface area contributed by atoms with Gasteiger partial charge in [-0.25, -0.2) is 0 Å². The Bertz CT molecular complexity index is 839. The average Bonchev–Trinajstić information content (AvgIpc) is 2.64. The lowest BCUT2D eigenvalue weighted by Gasteiger charge is -2.38. The molecule has 2 aromatic carbocycles. The molecule has 0 N–H and O–H groups in total. The lowest BCUT2D eigenvalue weighted by Crippen LogP contribution is -2.45. The van der Waals surface area contributed by atoms with Crippen molar-refractivity contribution in [2.75, 3.05) is 46.1 Å². The van der Waals surface area contributed by atoms with Crippen LogP contribution in [0.3, 0.4) is 0 Å². The molecule has 0 aromatic heterocycles. The molecule has 0 radical (unpaired) electrons. The van der Waals surface area contributed by atoms with Crippen molar-refractivity contribution >= 4 is 48.0 Å². The van der Waals surface area contributed by atoms with E-state index >= 15 is 0 Å². The van der Waals surface area contributed by atoms with E-state index in [1.165, 1.54) is 28.8 Å². The zero-order chi connectivity index (χ0) is 20.9. The van der Waals surface area contributed by atoms with E-state index < -0.39 is 19.0 Å². The smallest absolute Gasteiger partial charge is 0.0553 e. The molecule has 2 aromatic rings. The standard InChI is InChI=1S/C19H25N3S.2ClH/c1-20(2)13-15(21(3)4)14-22-16-9-5-7-11-18(16)23-19-12-8-6-10-17(19)22;;/h5-12,15H,13-14H2,1-4H3;2*1H/i13D2,14D2,15D;;. The highest BCUT2D eigenvalue weighted by atomic mass is 35.5. The summed E-state index contributed by atoms with van der Waals surface area (Å²) in [5.41, 5.74) is 1.26. The predicted octanol–water partition coefficient (Wildman–Crippen LogP) is 4.62. The largest absolute Gasteiger partial charge is 0.338 e. The first-order valence-corrected chi connectivity index (χ1v) is 8.29. The summed E-state index contributed by atoms with van der Waals surface area (Å²) in [7, 11) is 6.14. The van der Waals surface area contributed by atoms with Crippen molar-refractivity contribution in [1.29, 1.82) is 0 Å². The first-order valence-electron chi connectivity index (χ1n) is 9.97. The van der Waals surface area contributed by atoms with Gasteiger partial charge < -0.3 is 14.7 Å². The molecule has 0 spiro atoms.